The minimum absolute atomic E-state index is 1.06. The van der Waals surface area contributed by atoms with Crippen molar-refractivity contribution in [2.45, 2.75) is 65.2 Å². The Hall–Kier alpha value is -2.60. The molecule has 0 aliphatic heterocycles. The molecule has 0 amide bonds. The molecule has 3 aromatic rings. The third kappa shape index (κ3) is 5.11. The second-order valence-electron chi connectivity index (χ2n) is 8.71. The van der Waals surface area contributed by atoms with Gasteiger partial charge >= 0.3 is 0 Å². The molecule has 0 bridgehead atoms. The van der Waals surface area contributed by atoms with Crippen molar-refractivity contribution >= 4 is 11.6 Å². The van der Waals surface area contributed by atoms with Crippen molar-refractivity contribution in [2.24, 2.45) is 0 Å². The highest BCUT2D eigenvalue weighted by Crippen LogP contribution is 2.33. The summed E-state index contributed by atoms with van der Waals surface area (Å²) in [6, 6.07) is 25.4. The third-order valence-corrected chi connectivity index (χ3v) is 6.42. The van der Waals surface area contributed by atoms with Crippen molar-refractivity contribution in [1.29, 1.82) is 0 Å². The number of unbranched alkanes of at least 4 members (excludes halogenated alkanes) is 2. The van der Waals surface area contributed by atoms with Gasteiger partial charge in [0.25, 0.3) is 0 Å². The van der Waals surface area contributed by atoms with E-state index in [0.717, 1.165) is 25.7 Å². The van der Waals surface area contributed by atoms with Gasteiger partial charge in [0.05, 0.1) is 0 Å². The standard InChI is InChI=1S/C30H34/c1-3-5-6-8-25-9-7-10-27(19-25)30-21-28-18-17-26(20-29(28)22-30)16-15-24-13-11-23(4-2)12-14-24/h7,9-14,17-20,22H,3-6,8,15-16,21H2,1-2H3. The molecule has 0 heteroatoms. The van der Waals surface area contributed by atoms with Gasteiger partial charge < -0.3 is 0 Å². The van der Waals surface area contributed by atoms with Crippen LogP contribution in [0.15, 0.2) is 66.7 Å². The van der Waals surface area contributed by atoms with Gasteiger partial charge in [-0.05, 0) is 83.0 Å². The highest BCUT2D eigenvalue weighted by atomic mass is 14.2. The second kappa shape index (κ2) is 9.94. The lowest BCUT2D eigenvalue weighted by Gasteiger charge is -2.07. The molecule has 0 aromatic heterocycles. The molecule has 0 saturated carbocycles. The largest absolute Gasteiger partial charge is 0.0654 e. The summed E-state index contributed by atoms with van der Waals surface area (Å²) in [7, 11) is 0. The number of hydrogen-bond donors (Lipinski definition) is 0. The molecule has 0 radical (unpaired) electrons. The maximum absolute atomic E-state index is 2.42. The molecule has 0 N–H and O–H groups in total. The molecular weight excluding hydrogens is 360 g/mol. The fourth-order valence-corrected chi connectivity index (χ4v) is 4.46. The van der Waals surface area contributed by atoms with E-state index in [-0.39, 0.29) is 0 Å². The minimum Gasteiger partial charge on any atom is -0.0654 e. The van der Waals surface area contributed by atoms with E-state index in [4.69, 9.17) is 0 Å². The maximum atomic E-state index is 2.42. The van der Waals surface area contributed by atoms with Gasteiger partial charge in [0.1, 0.15) is 0 Å². The van der Waals surface area contributed by atoms with E-state index >= 15 is 0 Å². The Labute approximate surface area is 182 Å². The SMILES string of the molecule is CCCCCc1cccc(C2=Cc3cc(CCc4ccc(CC)cc4)ccc3C2)c1. The molecule has 0 heterocycles. The number of allylic oxidation sites excluding steroid dienone is 1. The Morgan fingerprint density at radius 3 is 2.20 bits per heavy atom. The molecule has 4 rings (SSSR count). The van der Waals surface area contributed by atoms with Crippen LogP contribution in [-0.4, -0.2) is 0 Å². The maximum Gasteiger partial charge on any atom is -0.00137 e. The van der Waals surface area contributed by atoms with E-state index in [2.05, 4.69) is 86.7 Å². The van der Waals surface area contributed by atoms with E-state index in [1.165, 1.54) is 70.2 Å². The molecule has 0 nitrogen and oxygen atoms in total. The molecule has 154 valence electrons. The Balaban J connectivity index is 1.43. The van der Waals surface area contributed by atoms with E-state index in [1.807, 2.05) is 0 Å². The Morgan fingerprint density at radius 1 is 0.667 bits per heavy atom. The smallest absolute Gasteiger partial charge is 0.00137 e. The third-order valence-electron chi connectivity index (χ3n) is 6.42. The number of aryl methyl sites for hydroxylation is 4. The summed E-state index contributed by atoms with van der Waals surface area (Å²) >= 11 is 0. The lowest BCUT2D eigenvalue weighted by molar-refractivity contribution is 0.717. The molecule has 1 aliphatic carbocycles. The van der Waals surface area contributed by atoms with E-state index in [1.54, 1.807) is 0 Å². The van der Waals surface area contributed by atoms with Crippen molar-refractivity contribution in [3.8, 4) is 0 Å². The summed E-state index contributed by atoms with van der Waals surface area (Å²) in [6.45, 7) is 4.48. The first-order chi connectivity index (χ1) is 14.7. The monoisotopic (exact) mass is 394 g/mol. The second-order valence-corrected chi connectivity index (χ2v) is 8.71. The van der Waals surface area contributed by atoms with Crippen molar-refractivity contribution in [3.63, 3.8) is 0 Å². The summed E-state index contributed by atoms with van der Waals surface area (Å²) in [5.41, 5.74) is 11.5. The molecule has 0 spiro atoms. The molecule has 30 heavy (non-hydrogen) atoms. The first kappa shape index (κ1) is 20.7. The fourth-order valence-electron chi connectivity index (χ4n) is 4.46. The zero-order chi connectivity index (χ0) is 20.8. The lowest BCUT2D eigenvalue weighted by atomic mass is 9.98. The van der Waals surface area contributed by atoms with Crippen LogP contribution in [0.4, 0.5) is 0 Å². The Kier molecular flexibility index (Phi) is 6.84. The van der Waals surface area contributed by atoms with Crippen LogP contribution in [0.3, 0.4) is 0 Å². The Morgan fingerprint density at radius 2 is 1.40 bits per heavy atom. The van der Waals surface area contributed by atoms with Crippen LogP contribution >= 0.6 is 0 Å². The summed E-state index contributed by atoms with van der Waals surface area (Å²) in [4.78, 5) is 0. The van der Waals surface area contributed by atoms with Gasteiger partial charge in [-0.3, -0.25) is 0 Å². The van der Waals surface area contributed by atoms with Crippen LogP contribution in [0, 0.1) is 0 Å². The summed E-state index contributed by atoms with van der Waals surface area (Å²) in [5, 5.41) is 0. The molecule has 1 aliphatic rings. The van der Waals surface area contributed by atoms with Crippen molar-refractivity contribution in [1.82, 2.24) is 0 Å². The molecule has 3 aromatic carbocycles. The van der Waals surface area contributed by atoms with E-state index in [0.29, 0.717) is 0 Å². The van der Waals surface area contributed by atoms with Gasteiger partial charge in [-0.15, -0.1) is 0 Å². The van der Waals surface area contributed by atoms with Crippen LogP contribution in [0.25, 0.3) is 11.6 Å². The number of benzene rings is 3. The molecule has 0 fully saturated rings. The number of hydrogen-bond acceptors (Lipinski definition) is 0. The molecule has 0 atom stereocenters. The highest BCUT2D eigenvalue weighted by molar-refractivity contribution is 5.88. The van der Waals surface area contributed by atoms with Gasteiger partial charge in [-0.2, -0.15) is 0 Å². The normalized spacial score (nSPS) is 12.7. The lowest BCUT2D eigenvalue weighted by Crippen LogP contribution is -1.94. The number of rotatable bonds is 9. The summed E-state index contributed by atoms with van der Waals surface area (Å²) in [6.07, 6.45) is 11.9. The van der Waals surface area contributed by atoms with Gasteiger partial charge in [0.15, 0.2) is 0 Å². The zero-order valence-electron chi connectivity index (χ0n) is 18.6. The quantitative estimate of drug-likeness (QED) is 0.324. The van der Waals surface area contributed by atoms with Gasteiger partial charge in [-0.25, -0.2) is 0 Å². The van der Waals surface area contributed by atoms with Crippen LogP contribution in [0.5, 0.6) is 0 Å². The molecule has 0 unspecified atom stereocenters. The van der Waals surface area contributed by atoms with Crippen molar-refractivity contribution in [2.75, 3.05) is 0 Å². The predicted octanol–water partition coefficient (Wildman–Crippen LogP) is 7.86. The first-order valence-electron chi connectivity index (χ1n) is 11.7. The summed E-state index contributed by atoms with van der Waals surface area (Å²) in [5.74, 6) is 0. The van der Waals surface area contributed by atoms with Gasteiger partial charge in [0.2, 0.25) is 0 Å². The summed E-state index contributed by atoms with van der Waals surface area (Å²) < 4.78 is 0. The highest BCUT2D eigenvalue weighted by Gasteiger charge is 2.15. The van der Waals surface area contributed by atoms with Gasteiger partial charge in [-0.1, -0.05) is 99.5 Å². The zero-order valence-corrected chi connectivity index (χ0v) is 18.6. The molecular formula is C30H34. The average Bonchev–Trinajstić information content (AvgIpc) is 3.22. The van der Waals surface area contributed by atoms with Crippen LogP contribution < -0.4 is 0 Å². The van der Waals surface area contributed by atoms with E-state index < -0.39 is 0 Å². The van der Waals surface area contributed by atoms with Crippen LogP contribution in [-0.2, 0) is 32.1 Å². The minimum atomic E-state index is 1.06. The Bertz CT molecular complexity index is 1000. The van der Waals surface area contributed by atoms with Crippen LogP contribution in [0.1, 0.15) is 72.1 Å². The average molecular weight is 395 g/mol. The number of fused-ring (bicyclic) bond motifs is 1. The fraction of sp³-hybridized carbons (Fsp3) is 0.333. The van der Waals surface area contributed by atoms with Crippen molar-refractivity contribution < 1.29 is 0 Å². The van der Waals surface area contributed by atoms with Crippen molar-refractivity contribution in [3.05, 3.63) is 106 Å². The molecule has 0 saturated heterocycles. The van der Waals surface area contributed by atoms with Crippen LogP contribution in [0.2, 0.25) is 0 Å². The topological polar surface area (TPSA) is 0 Å². The van der Waals surface area contributed by atoms with Gasteiger partial charge in [0, 0.05) is 0 Å². The first-order valence-corrected chi connectivity index (χ1v) is 11.7. The van der Waals surface area contributed by atoms with E-state index in [9.17, 15) is 0 Å². The predicted molar refractivity (Wildman–Crippen MR) is 131 cm³/mol.